The summed E-state index contributed by atoms with van der Waals surface area (Å²) in [5.74, 6) is 1.20. The summed E-state index contributed by atoms with van der Waals surface area (Å²) in [7, 11) is 1.58. The zero-order valence-corrected chi connectivity index (χ0v) is 13.8. The second kappa shape index (κ2) is 7.88. The second-order valence-electron chi connectivity index (χ2n) is 5.20. The number of benzene rings is 2. The van der Waals surface area contributed by atoms with Gasteiger partial charge in [-0.2, -0.15) is 5.10 Å². The zero-order valence-electron chi connectivity index (χ0n) is 13.8. The average molecular weight is 353 g/mol. The van der Waals surface area contributed by atoms with E-state index in [0.717, 1.165) is 11.1 Å². The molecule has 3 rings (SSSR count). The van der Waals surface area contributed by atoms with Crippen molar-refractivity contribution < 1.29 is 14.4 Å². The van der Waals surface area contributed by atoms with E-state index in [1.54, 1.807) is 25.5 Å². The first-order valence-electron chi connectivity index (χ1n) is 7.59. The van der Waals surface area contributed by atoms with Crippen molar-refractivity contribution in [2.75, 3.05) is 7.11 Å². The number of non-ortho nitro benzene ring substituents is 1. The number of rotatable bonds is 7. The average Bonchev–Trinajstić information content (AvgIpc) is 3.18. The predicted octanol–water partition coefficient (Wildman–Crippen LogP) is 2.66. The highest BCUT2D eigenvalue weighted by atomic mass is 16.6. The lowest BCUT2D eigenvalue weighted by molar-refractivity contribution is -0.384. The van der Waals surface area contributed by atoms with Gasteiger partial charge in [-0.3, -0.25) is 10.1 Å². The molecule has 3 aromatic rings. The minimum absolute atomic E-state index is 0.0159. The first-order valence-corrected chi connectivity index (χ1v) is 7.59. The van der Waals surface area contributed by atoms with Crippen LogP contribution in [-0.4, -0.2) is 33.1 Å². The molecule has 9 heteroatoms. The van der Waals surface area contributed by atoms with E-state index >= 15 is 0 Å². The van der Waals surface area contributed by atoms with Gasteiger partial charge in [0.15, 0.2) is 0 Å². The number of hydrogen-bond donors (Lipinski definition) is 0. The summed E-state index contributed by atoms with van der Waals surface area (Å²) in [5.41, 5.74) is 1.68. The maximum absolute atomic E-state index is 10.7. The molecule has 0 N–H and O–H groups in total. The third-order valence-electron chi connectivity index (χ3n) is 3.49. The molecule has 0 saturated heterocycles. The summed E-state index contributed by atoms with van der Waals surface area (Å²) in [6, 6.07) is 11.5. The summed E-state index contributed by atoms with van der Waals surface area (Å²) in [6.45, 7) is 0.245. The lowest BCUT2D eigenvalue weighted by Crippen LogP contribution is -2.00. The summed E-state index contributed by atoms with van der Waals surface area (Å²) >= 11 is 0. The number of nitrogens with zero attached hydrogens (tertiary/aromatic N) is 5. The minimum Gasteiger partial charge on any atom is -0.496 e. The Morgan fingerprint density at radius 1 is 1.19 bits per heavy atom. The van der Waals surface area contributed by atoms with Crippen LogP contribution in [0.15, 0.2) is 60.2 Å². The Hall–Kier alpha value is -3.75. The largest absolute Gasteiger partial charge is 0.496 e. The molecule has 0 aliphatic carbocycles. The highest BCUT2D eigenvalue weighted by Crippen LogP contribution is 2.23. The monoisotopic (exact) mass is 353 g/mol. The van der Waals surface area contributed by atoms with Gasteiger partial charge in [0.05, 0.1) is 18.2 Å². The van der Waals surface area contributed by atoms with Crippen LogP contribution in [0.25, 0.3) is 0 Å². The van der Waals surface area contributed by atoms with Crippen LogP contribution in [0.2, 0.25) is 0 Å². The SMILES string of the molecule is COc1ccc(/C=N/n2cnnc2)cc1COc1ccc([N+](=O)[O-])cc1. The van der Waals surface area contributed by atoms with Crippen LogP contribution < -0.4 is 9.47 Å². The van der Waals surface area contributed by atoms with Crippen molar-refractivity contribution in [2.45, 2.75) is 6.61 Å². The van der Waals surface area contributed by atoms with E-state index in [0.29, 0.717) is 11.5 Å². The first-order chi connectivity index (χ1) is 12.7. The van der Waals surface area contributed by atoms with Gasteiger partial charge >= 0.3 is 0 Å². The van der Waals surface area contributed by atoms with Gasteiger partial charge in [0.2, 0.25) is 0 Å². The number of aromatic nitrogens is 3. The van der Waals surface area contributed by atoms with Crippen molar-refractivity contribution in [1.82, 2.24) is 14.9 Å². The highest BCUT2D eigenvalue weighted by Gasteiger charge is 2.07. The van der Waals surface area contributed by atoms with Gasteiger partial charge < -0.3 is 9.47 Å². The first kappa shape index (κ1) is 17.1. The van der Waals surface area contributed by atoms with Gasteiger partial charge in [0, 0.05) is 17.7 Å². The number of nitro benzene ring substituents is 1. The van der Waals surface area contributed by atoms with Crippen LogP contribution in [0.3, 0.4) is 0 Å². The molecule has 0 spiro atoms. The van der Waals surface area contributed by atoms with Crippen LogP contribution in [0.1, 0.15) is 11.1 Å². The Balaban J connectivity index is 1.73. The van der Waals surface area contributed by atoms with E-state index in [9.17, 15) is 10.1 Å². The lowest BCUT2D eigenvalue weighted by Gasteiger charge is -2.11. The van der Waals surface area contributed by atoms with Crippen molar-refractivity contribution >= 4 is 11.9 Å². The van der Waals surface area contributed by atoms with E-state index in [1.165, 1.54) is 29.5 Å². The maximum Gasteiger partial charge on any atom is 0.269 e. The summed E-state index contributed by atoms with van der Waals surface area (Å²) in [6.07, 6.45) is 4.63. The molecule has 0 fully saturated rings. The molecule has 2 aromatic carbocycles. The molecule has 26 heavy (non-hydrogen) atoms. The number of hydrogen-bond acceptors (Lipinski definition) is 7. The topological polar surface area (TPSA) is 105 Å². The van der Waals surface area contributed by atoms with E-state index in [4.69, 9.17) is 9.47 Å². The Labute approximate surface area is 148 Å². The van der Waals surface area contributed by atoms with Crippen molar-refractivity contribution in [2.24, 2.45) is 5.10 Å². The third kappa shape index (κ3) is 4.20. The molecule has 0 aliphatic heterocycles. The van der Waals surface area contributed by atoms with Crippen molar-refractivity contribution in [3.05, 3.63) is 76.4 Å². The zero-order chi connectivity index (χ0) is 18.4. The molecule has 0 amide bonds. The molecule has 0 radical (unpaired) electrons. The molecular formula is C17H15N5O4. The molecule has 0 aliphatic rings. The normalized spacial score (nSPS) is 10.8. The number of ether oxygens (including phenoxy) is 2. The standard InChI is InChI=1S/C17H15N5O4/c1-25-17-7-2-13(9-20-21-11-18-19-12-21)8-14(17)10-26-16-5-3-15(4-6-16)22(23)24/h2-9,11-12H,10H2,1H3/b20-9+. The van der Waals surface area contributed by atoms with Crippen LogP contribution in [0, 0.1) is 10.1 Å². The summed E-state index contributed by atoms with van der Waals surface area (Å²) in [4.78, 5) is 10.2. The van der Waals surface area contributed by atoms with Gasteiger partial charge in [-0.25, -0.2) is 4.68 Å². The van der Waals surface area contributed by atoms with Gasteiger partial charge in [0.1, 0.15) is 30.8 Å². The Bertz CT molecular complexity index is 907. The summed E-state index contributed by atoms with van der Waals surface area (Å²) < 4.78 is 12.5. The number of methoxy groups -OCH3 is 1. The van der Waals surface area contributed by atoms with Gasteiger partial charge in [-0.1, -0.05) is 0 Å². The fourth-order valence-corrected chi connectivity index (χ4v) is 2.20. The predicted molar refractivity (Wildman–Crippen MR) is 93.4 cm³/mol. The Morgan fingerprint density at radius 3 is 2.58 bits per heavy atom. The molecule has 0 atom stereocenters. The fraction of sp³-hybridized carbons (Fsp3) is 0.118. The Morgan fingerprint density at radius 2 is 1.92 bits per heavy atom. The number of nitro groups is 1. The third-order valence-corrected chi connectivity index (χ3v) is 3.49. The molecule has 0 saturated carbocycles. The molecular weight excluding hydrogens is 338 g/mol. The van der Waals surface area contributed by atoms with Crippen LogP contribution in [0.4, 0.5) is 5.69 Å². The maximum atomic E-state index is 10.7. The highest BCUT2D eigenvalue weighted by molar-refractivity contribution is 5.80. The van der Waals surface area contributed by atoms with E-state index in [2.05, 4.69) is 15.3 Å². The lowest BCUT2D eigenvalue weighted by atomic mass is 10.1. The fourth-order valence-electron chi connectivity index (χ4n) is 2.20. The minimum atomic E-state index is -0.453. The van der Waals surface area contributed by atoms with Gasteiger partial charge in [-0.05, 0) is 35.9 Å². The van der Waals surface area contributed by atoms with Gasteiger partial charge in [0.25, 0.3) is 5.69 Å². The van der Waals surface area contributed by atoms with E-state index < -0.39 is 4.92 Å². The smallest absolute Gasteiger partial charge is 0.269 e. The molecule has 9 nitrogen and oxygen atoms in total. The van der Waals surface area contributed by atoms with Crippen LogP contribution >= 0.6 is 0 Å². The van der Waals surface area contributed by atoms with Gasteiger partial charge in [-0.15, -0.1) is 10.2 Å². The van der Waals surface area contributed by atoms with Crippen molar-refractivity contribution in [1.29, 1.82) is 0 Å². The molecule has 1 heterocycles. The van der Waals surface area contributed by atoms with E-state index in [-0.39, 0.29) is 12.3 Å². The van der Waals surface area contributed by atoms with Crippen LogP contribution in [0.5, 0.6) is 11.5 Å². The molecule has 0 bridgehead atoms. The second-order valence-corrected chi connectivity index (χ2v) is 5.20. The van der Waals surface area contributed by atoms with Crippen molar-refractivity contribution in [3.63, 3.8) is 0 Å². The summed E-state index contributed by atoms with van der Waals surface area (Å²) in [5, 5.41) is 22.2. The molecule has 132 valence electrons. The van der Waals surface area contributed by atoms with E-state index in [1.807, 2.05) is 18.2 Å². The molecule has 0 unspecified atom stereocenters. The van der Waals surface area contributed by atoms with Crippen LogP contribution in [-0.2, 0) is 6.61 Å². The quantitative estimate of drug-likeness (QED) is 0.367. The Kier molecular flexibility index (Phi) is 5.18. The molecule has 1 aromatic heterocycles. The van der Waals surface area contributed by atoms with Crippen molar-refractivity contribution in [3.8, 4) is 11.5 Å².